The Morgan fingerprint density at radius 1 is 1.53 bits per heavy atom. The molecule has 2 unspecified atom stereocenters. The fourth-order valence-electron chi connectivity index (χ4n) is 1.75. The van der Waals surface area contributed by atoms with Gasteiger partial charge in [0.05, 0.1) is 13.2 Å². The zero-order valence-corrected chi connectivity index (χ0v) is 10.2. The van der Waals surface area contributed by atoms with Crippen LogP contribution in [0.5, 0.6) is 5.75 Å². The number of nitrogens with two attached hydrogens (primary N) is 1. The van der Waals surface area contributed by atoms with Crippen LogP contribution >= 0.6 is 0 Å². The van der Waals surface area contributed by atoms with Crippen molar-refractivity contribution >= 4 is 5.97 Å². The molecule has 0 radical (unpaired) electrons. The number of aryl methyl sites for hydroxylation is 1. The summed E-state index contributed by atoms with van der Waals surface area (Å²) in [5.74, 6) is -0.381. The van der Waals surface area contributed by atoms with Gasteiger partial charge < -0.3 is 20.9 Å². The highest BCUT2D eigenvalue weighted by Crippen LogP contribution is 2.26. The number of aliphatic carboxylic acids is 1. The second-order valence-corrected chi connectivity index (χ2v) is 3.88. The molecule has 4 N–H and O–H groups in total. The van der Waals surface area contributed by atoms with Crippen LogP contribution in [0.1, 0.15) is 17.2 Å². The Bertz CT molecular complexity index is 407. The van der Waals surface area contributed by atoms with Gasteiger partial charge in [0.15, 0.2) is 0 Å². The first-order valence-corrected chi connectivity index (χ1v) is 5.31. The number of benzene rings is 1. The zero-order chi connectivity index (χ0) is 13.0. The monoisotopic (exact) mass is 238 g/mol. The summed E-state index contributed by atoms with van der Waals surface area (Å²) in [6.07, 6.45) is 0. The van der Waals surface area contributed by atoms with E-state index in [1.165, 1.54) is 7.11 Å². The van der Waals surface area contributed by atoms with Crippen LogP contribution in [0.2, 0.25) is 0 Å². The summed E-state index contributed by atoms with van der Waals surface area (Å²) >= 11 is 0. The van der Waals surface area contributed by atoms with E-state index in [1.54, 1.807) is 13.1 Å². The van der Waals surface area contributed by atoms with Gasteiger partial charge in [-0.15, -0.1) is 0 Å². The van der Waals surface area contributed by atoms with Crippen LogP contribution < -0.4 is 15.8 Å². The van der Waals surface area contributed by atoms with Crippen molar-refractivity contribution in [2.24, 2.45) is 5.73 Å². The smallest absolute Gasteiger partial charge is 0.322 e. The second-order valence-electron chi connectivity index (χ2n) is 3.88. The Kier molecular flexibility index (Phi) is 4.48. The lowest BCUT2D eigenvalue weighted by Gasteiger charge is -2.22. The molecule has 94 valence electrons. The van der Waals surface area contributed by atoms with Crippen molar-refractivity contribution < 1.29 is 14.6 Å². The standard InChI is InChI=1S/C12H18N2O3/c1-7-4-5-9(17-3)8(6-7)10(13)11(14-2)12(15)16/h4-6,10-11,14H,13H2,1-3H3,(H,15,16). The number of methoxy groups -OCH3 is 1. The molecule has 1 aromatic rings. The predicted octanol–water partition coefficient (Wildman–Crippen LogP) is 0.676. The van der Waals surface area contributed by atoms with E-state index < -0.39 is 18.1 Å². The Hall–Kier alpha value is -1.59. The van der Waals surface area contributed by atoms with Gasteiger partial charge >= 0.3 is 5.97 Å². The van der Waals surface area contributed by atoms with Crippen molar-refractivity contribution in [3.05, 3.63) is 29.3 Å². The highest BCUT2D eigenvalue weighted by Gasteiger charge is 2.26. The second kappa shape index (κ2) is 5.65. The summed E-state index contributed by atoms with van der Waals surface area (Å²) < 4.78 is 5.20. The number of carboxylic acid groups (broad SMARTS) is 1. The van der Waals surface area contributed by atoms with Gasteiger partial charge in [-0.25, -0.2) is 0 Å². The van der Waals surface area contributed by atoms with Crippen molar-refractivity contribution in [1.29, 1.82) is 0 Å². The number of nitrogens with one attached hydrogen (secondary N) is 1. The number of hydrogen-bond acceptors (Lipinski definition) is 4. The molecule has 0 aliphatic heterocycles. The molecule has 0 aliphatic carbocycles. The molecule has 17 heavy (non-hydrogen) atoms. The predicted molar refractivity (Wildman–Crippen MR) is 65.1 cm³/mol. The van der Waals surface area contributed by atoms with E-state index in [9.17, 15) is 4.79 Å². The molecule has 2 atom stereocenters. The first-order chi connectivity index (χ1) is 8.01. The van der Waals surface area contributed by atoms with Gasteiger partial charge in [-0.1, -0.05) is 17.7 Å². The summed E-state index contributed by atoms with van der Waals surface area (Å²) in [4.78, 5) is 11.0. The fourth-order valence-corrected chi connectivity index (χ4v) is 1.75. The molecule has 0 spiro atoms. The highest BCUT2D eigenvalue weighted by atomic mass is 16.5. The van der Waals surface area contributed by atoms with Crippen LogP contribution in [0.4, 0.5) is 0 Å². The van der Waals surface area contributed by atoms with Crippen molar-refractivity contribution in [3.63, 3.8) is 0 Å². The molecular formula is C12H18N2O3. The highest BCUT2D eigenvalue weighted by molar-refractivity contribution is 5.75. The lowest BCUT2D eigenvalue weighted by molar-refractivity contribution is -0.139. The maximum absolute atomic E-state index is 11.0. The van der Waals surface area contributed by atoms with Gasteiger partial charge in [0.2, 0.25) is 0 Å². The summed E-state index contributed by atoms with van der Waals surface area (Å²) in [5.41, 5.74) is 7.67. The first kappa shape index (κ1) is 13.5. The molecule has 0 bridgehead atoms. The largest absolute Gasteiger partial charge is 0.496 e. The third-order valence-electron chi connectivity index (χ3n) is 2.68. The van der Waals surface area contributed by atoms with Gasteiger partial charge in [0, 0.05) is 5.56 Å². The van der Waals surface area contributed by atoms with Gasteiger partial charge in [0.25, 0.3) is 0 Å². The minimum absolute atomic E-state index is 0.601. The lowest BCUT2D eigenvalue weighted by atomic mass is 9.97. The summed E-state index contributed by atoms with van der Waals surface area (Å²) in [6.45, 7) is 1.92. The Morgan fingerprint density at radius 3 is 2.65 bits per heavy atom. The van der Waals surface area contributed by atoms with E-state index in [-0.39, 0.29) is 0 Å². The summed E-state index contributed by atoms with van der Waals surface area (Å²) in [7, 11) is 3.11. The molecule has 1 rings (SSSR count). The average molecular weight is 238 g/mol. The van der Waals surface area contributed by atoms with Crippen molar-refractivity contribution in [1.82, 2.24) is 5.32 Å². The summed E-state index contributed by atoms with van der Waals surface area (Å²) in [6, 6.07) is 4.03. The number of carboxylic acids is 1. The van der Waals surface area contributed by atoms with Crippen molar-refractivity contribution in [2.75, 3.05) is 14.2 Å². The van der Waals surface area contributed by atoms with E-state index in [0.717, 1.165) is 5.56 Å². The number of likely N-dealkylation sites (N-methyl/N-ethyl adjacent to an activating group) is 1. The molecule has 5 heteroatoms. The van der Waals surface area contributed by atoms with Gasteiger partial charge in [-0.05, 0) is 20.0 Å². The summed E-state index contributed by atoms with van der Waals surface area (Å²) in [5, 5.41) is 11.7. The van der Waals surface area contributed by atoms with Crippen LogP contribution in [0.3, 0.4) is 0 Å². The van der Waals surface area contributed by atoms with E-state index in [0.29, 0.717) is 11.3 Å². The van der Waals surface area contributed by atoms with E-state index in [4.69, 9.17) is 15.6 Å². The molecule has 0 saturated carbocycles. The third kappa shape index (κ3) is 2.95. The third-order valence-corrected chi connectivity index (χ3v) is 2.68. The minimum atomic E-state index is -0.983. The van der Waals surface area contributed by atoms with Crippen LogP contribution in [-0.2, 0) is 4.79 Å². The van der Waals surface area contributed by atoms with Gasteiger partial charge in [-0.3, -0.25) is 4.79 Å². The SMILES string of the molecule is CNC(C(=O)O)C(N)c1cc(C)ccc1OC. The zero-order valence-electron chi connectivity index (χ0n) is 10.2. The minimum Gasteiger partial charge on any atom is -0.496 e. The maximum atomic E-state index is 11.0. The molecule has 0 aromatic heterocycles. The number of hydrogen-bond donors (Lipinski definition) is 3. The quantitative estimate of drug-likeness (QED) is 0.702. The molecule has 0 saturated heterocycles. The molecule has 0 amide bonds. The molecule has 1 aromatic carbocycles. The normalized spacial score (nSPS) is 14.1. The lowest BCUT2D eigenvalue weighted by Crippen LogP contribution is -2.43. The van der Waals surface area contributed by atoms with Crippen LogP contribution in [0.15, 0.2) is 18.2 Å². The maximum Gasteiger partial charge on any atom is 0.322 e. The first-order valence-electron chi connectivity index (χ1n) is 5.31. The average Bonchev–Trinajstić information content (AvgIpc) is 2.29. The van der Waals surface area contributed by atoms with Crippen molar-refractivity contribution in [3.8, 4) is 5.75 Å². The topological polar surface area (TPSA) is 84.6 Å². The molecule has 0 fully saturated rings. The van der Waals surface area contributed by atoms with Gasteiger partial charge in [-0.2, -0.15) is 0 Å². The fraction of sp³-hybridized carbons (Fsp3) is 0.417. The van der Waals surface area contributed by atoms with Gasteiger partial charge in [0.1, 0.15) is 11.8 Å². The van der Waals surface area contributed by atoms with Crippen LogP contribution in [0, 0.1) is 6.92 Å². The number of ether oxygens (including phenoxy) is 1. The molecular weight excluding hydrogens is 220 g/mol. The van der Waals surface area contributed by atoms with Crippen molar-refractivity contribution in [2.45, 2.75) is 19.0 Å². The number of carbonyl (C=O) groups is 1. The van der Waals surface area contributed by atoms with E-state index >= 15 is 0 Å². The van der Waals surface area contributed by atoms with E-state index in [2.05, 4.69) is 5.32 Å². The van der Waals surface area contributed by atoms with Crippen LogP contribution in [0.25, 0.3) is 0 Å². The van der Waals surface area contributed by atoms with Crippen LogP contribution in [-0.4, -0.2) is 31.3 Å². The molecule has 0 heterocycles. The molecule has 0 aliphatic rings. The number of rotatable bonds is 5. The molecule has 5 nitrogen and oxygen atoms in total. The Morgan fingerprint density at radius 2 is 2.18 bits per heavy atom. The Balaban J connectivity index is 3.13. The van der Waals surface area contributed by atoms with E-state index in [1.807, 2.05) is 19.1 Å². The Labute approximate surface area is 101 Å².